The summed E-state index contributed by atoms with van der Waals surface area (Å²) in [5.41, 5.74) is 3.91. The first kappa shape index (κ1) is 17.4. The number of nitrogens with one attached hydrogen (secondary N) is 1. The van der Waals surface area contributed by atoms with E-state index in [2.05, 4.69) is 5.32 Å². The number of hydrogen-bond acceptors (Lipinski definition) is 3. The number of aromatic carboxylic acids is 1. The number of carbonyl (C=O) groups is 1. The van der Waals surface area contributed by atoms with Gasteiger partial charge in [-0.25, -0.2) is 9.78 Å². The molecule has 0 aliphatic rings. The van der Waals surface area contributed by atoms with Crippen LogP contribution in [0, 0.1) is 0 Å². The Bertz CT molecular complexity index is 1010. The van der Waals surface area contributed by atoms with E-state index in [1.54, 1.807) is 24.3 Å². The van der Waals surface area contributed by atoms with Gasteiger partial charge in [0.15, 0.2) is 0 Å². The number of aromatic nitrogens is 1. The van der Waals surface area contributed by atoms with Gasteiger partial charge < -0.3 is 10.4 Å². The van der Waals surface area contributed by atoms with Gasteiger partial charge in [-0.1, -0.05) is 36.4 Å². The molecule has 4 nitrogen and oxygen atoms in total. The van der Waals surface area contributed by atoms with Crippen LogP contribution in [0.15, 0.2) is 72.8 Å². The number of anilines is 2. The quantitative estimate of drug-likeness (QED) is 0.442. The fourth-order valence-corrected chi connectivity index (χ4v) is 2.82. The van der Waals surface area contributed by atoms with E-state index >= 15 is 0 Å². The van der Waals surface area contributed by atoms with Crippen molar-refractivity contribution in [2.24, 2.45) is 0 Å². The number of carboxylic acids is 1. The summed E-state index contributed by atoms with van der Waals surface area (Å²) in [7, 11) is 0. The number of benzene rings is 3. The normalized spacial score (nSPS) is 10.4. The molecule has 0 amide bonds. The van der Waals surface area contributed by atoms with E-state index < -0.39 is 5.97 Å². The summed E-state index contributed by atoms with van der Waals surface area (Å²) in [5.74, 6) is -0.929. The topological polar surface area (TPSA) is 62.2 Å². The van der Waals surface area contributed by atoms with Crippen molar-refractivity contribution in [3.63, 3.8) is 0 Å². The van der Waals surface area contributed by atoms with Crippen LogP contribution in [0.1, 0.15) is 10.4 Å². The first-order valence-electron chi connectivity index (χ1n) is 7.60. The summed E-state index contributed by atoms with van der Waals surface area (Å²) < 4.78 is 0. The molecule has 0 saturated heterocycles. The molecule has 0 spiro atoms. The first-order valence-corrected chi connectivity index (χ1v) is 7.60. The van der Waals surface area contributed by atoms with E-state index in [1.165, 1.54) is 0 Å². The van der Waals surface area contributed by atoms with Crippen LogP contribution in [0.3, 0.4) is 0 Å². The molecule has 5 heteroatoms. The minimum Gasteiger partial charge on any atom is -0.478 e. The van der Waals surface area contributed by atoms with Crippen LogP contribution in [-0.4, -0.2) is 16.1 Å². The van der Waals surface area contributed by atoms with Crippen LogP contribution >= 0.6 is 0 Å². The fraction of sp³-hybridized carbons (Fsp3) is 0. The third kappa shape index (κ3) is 3.37. The zero-order valence-electron chi connectivity index (χ0n) is 13.7. The van der Waals surface area contributed by atoms with E-state index in [0.29, 0.717) is 0 Å². The molecule has 1 heterocycles. The molecule has 25 heavy (non-hydrogen) atoms. The Morgan fingerprint density at radius 2 is 1.32 bits per heavy atom. The smallest absolute Gasteiger partial charge is 0.478 e. The molecule has 116 valence electrons. The molecule has 0 aliphatic heterocycles. The molecular weight excluding hydrogens is 323 g/mol. The summed E-state index contributed by atoms with van der Waals surface area (Å²) in [6.07, 6.45) is 0. The van der Waals surface area contributed by atoms with Gasteiger partial charge in [-0.3, -0.25) is 0 Å². The van der Waals surface area contributed by atoms with Crippen LogP contribution in [0.2, 0.25) is 0 Å². The molecule has 3 aromatic carbocycles. The average molecular weight is 337 g/mol. The minimum atomic E-state index is -0.929. The molecule has 0 radical (unpaired) electrons. The van der Waals surface area contributed by atoms with Crippen LogP contribution in [0.4, 0.5) is 11.4 Å². The molecule has 0 bridgehead atoms. The number of pyridine rings is 1. The Balaban J connectivity index is 0.00000182. The van der Waals surface area contributed by atoms with Crippen molar-refractivity contribution in [3.05, 3.63) is 78.4 Å². The van der Waals surface area contributed by atoms with Crippen LogP contribution in [0.25, 0.3) is 21.8 Å². The number of hydrogen-bond donors (Lipinski definition) is 2. The van der Waals surface area contributed by atoms with Crippen LogP contribution in [-0.2, 0) is 0 Å². The maximum absolute atomic E-state index is 11.0. The third-order valence-electron chi connectivity index (χ3n) is 3.99. The molecule has 0 atom stereocenters. The van der Waals surface area contributed by atoms with Crippen LogP contribution in [0.5, 0.6) is 0 Å². The van der Waals surface area contributed by atoms with E-state index in [9.17, 15) is 4.79 Å². The Morgan fingerprint density at radius 3 is 1.84 bits per heavy atom. The number of para-hydroxylation sites is 2. The van der Waals surface area contributed by atoms with Crippen molar-refractivity contribution >= 4 is 39.1 Å². The SMILES string of the molecule is O=C(O)c1ccc(Nc2c3ccccc3nc3ccccc23)cc1.[Na+]. The van der Waals surface area contributed by atoms with E-state index in [1.807, 2.05) is 48.5 Å². The molecule has 0 fully saturated rings. The van der Waals surface area contributed by atoms with Gasteiger partial charge in [0, 0.05) is 16.5 Å². The summed E-state index contributed by atoms with van der Waals surface area (Å²) in [4.78, 5) is 15.7. The third-order valence-corrected chi connectivity index (χ3v) is 3.99. The second-order valence-corrected chi connectivity index (χ2v) is 5.53. The zero-order valence-corrected chi connectivity index (χ0v) is 15.7. The van der Waals surface area contributed by atoms with Gasteiger partial charge in [-0.2, -0.15) is 0 Å². The van der Waals surface area contributed by atoms with Crippen molar-refractivity contribution in [2.45, 2.75) is 0 Å². The summed E-state index contributed by atoms with van der Waals surface area (Å²) in [5, 5.41) is 14.5. The molecule has 0 saturated carbocycles. The minimum absolute atomic E-state index is 0. The number of carboxylic acid groups (broad SMARTS) is 1. The van der Waals surface area contributed by atoms with Crippen molar-refractivity contribution in [1.29, 1.82) is 0 Å². The van der Waals surface area contributed by atoms with Gasteiger partial charge >= 0.3 is 35.5 Å². The maximum atomic E-state index is 11.0. The molecule has 0 unspecified atom stereocenters. The van der Waals surface area contributed by atoms with E-state index in [4.69, 9.17) is 10.1 Å². The molecule has 4 aromatic rings. The maximum Gasteiger partial charge on any atom is 1.00 e. The van der Waals surface area contributed by atoms with Crippen molar-refractivity contribution in [1.82, 2.24) is 4.98 Å². The number of rotatable bonds is 3. The van der Waals surface area contributed by atoms with Crippen molar-refractivity contribution in [3.8, 4) is 0 Å². The Hall–Kier alpha value is -2.40. The molecule has 0 aliphatic carbocycles. The zero-order chi connectivity index (χ0) is 16.5. The Labute approximate surface area is 166 Å². The second-order valence-electron chi connectivity index (χ2n) is 5.53. The van der Waals surface area contributed by atoms with Gasteiger partial charge in [0.1, 0.15) is 0 Å². The van der Waals surface area contributed by atoms with Crippen LogP contribution < -0.4 is 34.9 Å². The van der Waals surface area contributed by atoms with Gasteiger partial charge in [0.05, 0.1) is 22.3 Å². The summed E-state index contributed by atoms with van der Waals surface area (Å²) >= 11 is 0. The van der Waals surface area contributed by atoms with E-state index in [-0.39, 0.29) is 35.1 Å². The predicted octanol–water partition coefficient (Wildman–Crippen LogP) is 1.83. The molecule has 4 rings (SSSR count). The van der Waals surface area contributed by atoms with Crippen molar-refractivity contribution in [2.75, 3.05) is 5.32 Å². The summed E-state index contributed by atoms with van der Waals surface area (Å²) in [6.45, 7) is 0. The van der Waals surface area contributed by atoms with Gasteiger partial charge in [0.2, 0.25) is 0 Å². The Morgan fingerprint density at radius 1 is 0.800 bits per heavy atom. The largest absolute Gasteiger partial charge is 1.00 e. The monoisotopic (exact) mass is 337 g/mol. The van der Waals surface area contributed by atoms with Gasteiger partial charge in [-0.05, 0) is 36.4 Å². The van der Waals surface area contributed by atoms with Gasteiger partial charge in [0.25, 0.3) is 0 Å². The number of fused-ring (bicyclic) bond motifs is 2. The molecule has 2 N–H and O–H groups in total. The standard InChI is InChI=1S/C20H14N2O2.Na/c23-20(24)13-9-11-14(12-10-13)21-19-15-5-1-3-7-17(15)22-18-8-4-2-6-16(18)19;/h1-12H,(H,21,22)(H,23,24);/q;+1. The van der Waals surface area contributed by atoms with Gasteiger partial charge in [-0.15, -0.1) is 0 Å². The molecule has 1 aromatic heterocycles. The first-order chi connectivity index (χ1) is 11.7. The van der Waals surface area contributed by atoms with Crippen molar-refractivity contribution < 1.29 is 39.5 Å². The van der Waals surface area contributed by atoms with E-state index in [0.717, 1.165) is 33.2 Å². The fourth-order valence-electron chi connectivity index (χ4n) is 2.82. The predicted molar refractivity (Wildman–Crippen MR) is 95.9 cm³/mol. The Kier molecular flexibility index (Phi) is 5.04. The molecular formula is C20H14N2NaO2+. The second kappa shape index (κ2) is 7.23. The average Bonchev–Trinajstić information content (AvgIpc) is 2.62. The number of nitrogens with zero attached hydrogens (tertiary/aromatic N) is 1. The summed E-state index contributed by atoms with van der Waals surface area (Å²) in [6, 6.07) is 22.7.